The second-order valence-corrected chi connectivity index (χ2v) is 5.64. The van der Waals surface area contributed by atoms with Crippen molar-refractivity contribution in [2.24, 2.45) is 0 Å². The minimum Gasteiger partial charge on any atom is -0.454 e. The van der Waals surface area contributed by atoms with E-state index in [0.29, 0.717) is 18.6 Å². The lowest BCUT2D eigenvalue weighted by molar-refractivity contribution is 0.174. The highest BCUT2D eigenvalue weighted by Gasteiger charge is 2.17. The largest absolute Gasteiger partial charge is 0.454 e. The van der Waals surface area contributed by atoms with Crippen molar-refractivity contribution >= 4 is 6.03 Å². The molecule has 0 aromatic heterocycles. The first-order valence-corrected chi connectivity index (χ1v) is 7.75. The second kappa shape index (κ2) is 7.21. The summed E-state index contributed by atoms with van der Waals surface area (Å²) in [6.07, 6.45) is 1.23. The molecule has 24 heavy (non-hydrogen) atoms. The minimum absolute atomic E-state index is 0.129. The SMILES string of the molecule is CNC(=O)N[C@@H](Cc1ccc(F)cc1)Cc1ccc2c(c1)OCO2. The standard InChI is InChI=1S/C18H19FN2O3/c1-20-18(22)21-15(8-12-2-5-14(19)6-3-12)9-13-4-7-16-17(10-13)24-11-23-16/h2-7,10,15H,8-9,11H2,1H3,(H2,20,21,22)/t15-/m0/s1. The van der Waals surface area contributed by atoms with Gasteiger partial charge in [-0.05, 0) is 48.2 Å². The van der Waals surface area contributed by atoms with Crippen LogP contribution in [0.25, 0.3) is 0 Å². The van der Waals surface area contributed by atoms with Gasteiger partial charge in [0.15, 0.2) is 11.5 Å². The molecule has 0 bridgehead atoms. The summed E-state index contributed by atoms with van der Waals surface area (Å²) in [4.78, 5) is 11.7. The minimum atomic E-state index is -0.273. The predicted octanol–water partition coefficient (Wildman–Crippen LogP) is 2.64. The van der Waals surface area contributed by atoms with Crippen LogP contribution in [0.3, 0.4) is 0 Å². The second-order valence-electron chi connectivity index (χ2n) is 5.64. The first-order chi connectivity index (χ1) is 11.6. The van der Waals surface area contributed by atoms with Crippen LogP contribution in [0.5, 0.6) is 11.5 Å². The summed E-state index contributed by atoms with van der Waals surface area (Å²) in [5, 5.41) is 5.49. The number of nitrogens with one attached hydrogen (secondary N) is 2. The van der Waals surface area contributed by atoms with Crippen LogP contribution in [0.15, 0.2) is 42.5 Å². The molecule has 3 rings (SSSR count). The number of amides is 2. The van der Waals surface area contributed by atoms with Gasteiger partial charge in [0.25, 0.3) is 0 Å². The maximum atomic E-state index is 13.1. The molecule has 126 valence electrons. The number of ether oxygens (including phenoxy) is 2. The lowest BCUT2D eigenvalue weighted by atomic mass is 9.98. The fraction of sp³-hybridized carbons (Fsp3) is 0.278. The van der Waals surface area contributed by atoms with Crippen LogP contribution < -0.4 is 20.1 Å². The number of halogens is 1. The van der Waals surface area contributed by atoms with E-state index in [0.717, 1.165) is 16.9 Å². The summed E-state index contributed by atoms with van der Waals surface area (Å²) >= 11 is 0. The first-order valence-electron chi connectivity index (χ1n) is 7.75. The number of carbonyl (C=O) groups excluding carboxylic acids is 1. The van der Waals surface area contributed by atoms with Gasteiger partial charge in [-0.1, -0.05) is 18.2 Å². The third kappa shape index (κ3) is 3.95. The van der Waals surface area contributed by atoms with Gasteiger partial charge in [-0.3, -0.25) is 0 Å². The molecule has 2 amide bonds. The van der Waals surface area contributed by atoms with Crippen molar-refractivity contribution in [1.29, 1.82) is 0 Å². The Morgan fingerprint density at radius 1 is 1.08 bits per heavy atom. The molecule has 0 aliphatic carbocycles. The van der Waals surface area contributed by atoms with Crippen LogP contribution in [0, 0.1) is 5.82 Å². The van der Waals surface area contributed by atoms with E-state index < -0.39 is 0 Å². The van der Waals surface area contributed by atoms with Crippen molar-refractivity contribution in [2.75, 3.05) is 13.8 Å². The molecule has 0 spiro atoms. The highest BCUT2D eigenvalue weighted by atomic mass is 19.1. The summed E-state index contributed by atoms with van der Waals surface area (Å²) in [5.41, 5.74) is 1.99. The molecular weight excluding hydrogens is 311 g/mol. The maximum Gasteiger partial charge on any atom is 0.314 e. The number of rotatable bonds is 5. The lowest BCUT2D eigenvalue weighted by Gasteiger charge is -2.19. The monoisotopic (exact) mass is 330 g/mol. The summed E-state index contributed by atoms with van der Waals surface area (Å²) in [6, 6.07) is 11.7. The van der Waals surface area contributed by atoms with E-state index in [1.54, 1.807) is 19.2 Å². The van der Waals surface area contributed by atoms with E-state index in [2.05, 4.69) is 10.6 Å². The van der Waals surface area contributed by atoms with E-state index in [4.69, 9.17) is 9.47 Å². The highest BCUT2D eigenvalue weighted by Crippen LogP contribution is 2.32. The number of carbonyl (C=O) groups is 1. The molecular formula is C18H19FN2O3. The van der Waals surface area contributed by atoms with E-state index in [1.807, 2.05) is 18.2 Å². The van der Waals surface area contributed by atoms with Crippen molar-refractivity contribution in [3.05, 3.63) is 59.4 Å². The number of urea groups is 1. The molecule has 0 radical (unpaired) electrons. The quantitative estimate of drug-likeness (QED) is 0.886. The first kappa shape index (κ1) is 16.1. The van der Waals surface area contributed by atoms with Gasteiger partial charge in [0.2, 0.25) is 6.79 Å². The number of benzene rings is 2. The van der Waals surface area contributed by atoms with Crippen molar-refractivity contribution in [3.63, 3.8) is 0 Å². The fourth-order valence-electron chi connectivity index (χ4n) is 2.69. The number of fused-ring (bicyclic) bond motifs is 1. The van der Waals surface area contributed by atoms with Gasteiger partial charge in [0, 0.05) is 13.1 Å². The zero-order valence-electron chi connectivity index (χ0n) is 13.3. The van der Waals surface area contributed by atoms with E-state index in [1.165, 1.54) is 12.1 Å². The molecule has 1 atom stereocenters. The predicted molar refractivity (Wildman–Crippen MR) is 87.8 cm³/mol. The molecule has 0 fully saturated rings. The van der Waals surface area contributed by atoms with Gasteiger partial charge in [-0.15, -0.1) is 0 Å². The lowest BCUT2D eigenvalue weighted by Crippen LogP contribution is -2.42. The summed E-state index contributed by atoms with van der Waals surface area (Å²) in [6.45, 7) is 0.230. The molecule has 1 aliphatic rings. The van der Waals surface area contributed by atoms with Gasteiger partial charge < -0.3 is 20.1 Å². The molecule has 6 heteroatoms. The molecule has 0 saturated carbocycles. The van der Waals surface area contributed by atoms with Crippen LogP contribution in [0.1, 0.15) is 11.1 Å². The molecule has 1 aliphatic heterocycles. The molecule has 2 N–H and O–H groups in total. The summed E-state index contributed by atoms with van der Waals surface area (Å²) in [7, 11) is 1.57. The van der Waals surface area contributed by atoms with Crippen molar-refractivity contribution in [3.8, 4) is 11.5 Å². The van der Waals surface area contributed by atoms with E-state index >= 15 is 0 Å². The van der Waals surface area contributed by atoms with Crippen molar-refractivity contribution < 1.29 is 18.7 Å². The van der Waals surface area contributed by atoms with Crippen LogP contribution in [0.4, 0.5) is 9.18 Å². The molecule has 5 nitrogen and oxygen atoms in total. The third-order valence-electron chi connectivity index (χ3n) is 3.88. The van der Waals surface area contributed by atoms with Gasteiger partial charge in [0.05, 0.1) is 0 Å². The molecule has 2 aromatic carbocycles. The van der Waals surface area contributed by atoms with E-state index in [9.17, 15) is 9.18 Å². The summed E-state index contributed by atoms with van der Waals surface area (Å²) in [5.74, 6) is 1.17. The Balaban J connectivity index is 1.74. The Kier molecular flexibility index (Phi) is 4.84. The van der Waals surface area contributed by atoms with Gasteiger partial charge in [0.1, 0.15) is 5.82 Å². The van der Waals surface area contributed by atoms with Crippen molar-refractivity contribution in [2.45, 2.75) is 18.9 Å². The normalized spacial score (nSPS) is 13.4. The zero-order chi connectivity index (χ0) is 16.9. The van der Waals surface area contributed by atoms with Gasteiger partial charge in [-0.25, -0.2) is 9.18 Å². The average Bonchev–Trinajstić information content (AvgIpc) is 3.04. The smallest absolute Gasteiger partial charge is 0.314 e. The van der Waals surface area contributed by atoms with Crippen LogP contribution in [0.2, 0.25) is 0 Å². The fourth-order valence-corrected chi connectivity index (χ4v) is 2.69. The van der Waals surface area contributed by atoms with Gasteiger partial charge in [-0.2, -0.15) is 0 Å². The maximum absolute atomic E-state index is 13.1. The molecule has 0 unspecified atom stereocenters. The average molecular weight is 330 g/mol. The van der Waals surface area contributed by atoms with Crippen LogP contribution in [-0.2, 0) is 12.8 Å². The molecule has 2 aromatic rings. The summed E-state index contributed by atoms with van der Waals surface area (Å²) < 4.78 is 23.8. The number of hydrogen-bond acceptors (Lipinski definition) is 3. The highest BCUT2D eigenvalue weighted by molar-refractivity contribution is 5.73. The number of hydrogen-bond donors (Lipinski definition) is 2. The molecule has 0 saturated heterocycles. The molecule has 1 heterocycles. The Labute approximate surface area is 139 Å². The Morgan fingerprint density at radius 3 is 2.50 bits per heavy atom. The van der Waals surface area contributed by atoms with E-state index in [-0.39, 0.29) is 24.7 Å². The van der Waals surface area contributed by atoms with Gasteiger partial charge >= 0.3 is 6.03 Å². The van der Waals surface area contributed by atoms with Crippen LogP contribution in [-0.4, -0.2) is 25.9 Å². The zero-order valence-corrected chi connectivity index (χ0v) is 13.3. The Morgan fingerprint density at radius 2 is 1.75 bits per heavy atom. The topological polar surface area (TPSA) is 59.6 Å². The Bertz CT molecular complexity index is 719. The van der Waals surface area contributed by atoms with Crippen LogP contribution >= 0.6 is 0 Å². The third-order valence-corrected chi connectivity index (χ3v) is 3.88. The Hall–Kier alpha value is -2.76. The van der Waals surface area contributed by atoms with Crippen molar-refractivity contribution in [1.82, 2.24) is 10.6 Å².